The summed E-state index contributed by atoms with van der Waals surface area (Å²) in [6, 6.07) is 2.00. The molecule has 1 heterocycles. The maximum atomic E-state index is 11.8. The largest absolute Gasteiger partial charge is 0.598 e. The zero-order valence-electron chi connectivity index (χ0n) is 10.0. The second-order valence-corrected chi connectivity index (χ2v) is 7.52. The first kappa shape index (κ1) is 14.0. The molecule has 0 aliphatic heterocycles. The van der Waals surface area contributed by atoms with E-state index in [1.54, 1.807) is 6.20 Å². The van der Waals surface area contributed by atoms with Crippen molar-refractivity contribution in [2.45, 2.75) is 39.0 Å². The molecule has 0 bridgehead atoms. The molecular weight excluding hydrogens is 288 g/mol. The van der Waals surface area contributed by atoms with Crippen LogP contribution in [-0.2, 0) is 17.9 Å². The molecular formula is C11H17BrN2OS. The number of rotatable bonds is 3. The summed E-state index contributed by atoms with van der Waals surface area (Å²) in [5.41, 5.74) is 1.98. The molecule has 0 amide bonds. The van der Waals surface area contributed by atoms with E-state index in [2.05, 4.69) is 25.6 Å². The minimum absolute atomic E-state index is 0.241. The number of aryl methyl sites for hydroxylation is 1. The van der Waals surface area contributed by atoms with Crippen LogP contribution in [0.2, 0.25) is 0 Å². The van der Waals surface area contributed by atoms with Gasteiger partial charge in [0.25, 0.3) is 0 Å². The van der Waals surface area contributed by atoms with Crippen molar-refractivity contribution < 1.29 is 4.55 Å². The lowest BCUT2D eigenvalue weighted by Crippen LogP contribution is -2.38. The number of hydrogen-bond donors (Lipinski definition) is 1. The van der Waals surface area contributed by atoms with Crippen molar-refractivity contribution in [3.63, 3.8) is 0 Å². The minimum Gasteiger partial charge on any atom is -0.598 e. The van der Waals surface area contributed by atoms with Crippen LogP contribution in [0, 0.1) is 6.92 Å². The Bertz CT molecular complexity index is 365. The molecule has 0 aliphatic rings. The Morgan fingerprint density at radius 3 is 2.62 bits per heavy atom. The molecule has 0 fully saturated rings. The van der Waals surface area contributed by atoms with Gasteiger partial charge < -0.3 is 4.55 Å². The summed E-state index contributed by atoms with van der Waals surface area (Å²) in [7, 11) is 0. The lowest BCUT2D eigenvalue weighted by Gasteiger charge is -2.23. The van der Waals surface area contributed by atoms with E-state index >= 15 is 0 Å². The summed E-state index contributed by atoms with van der Waals surface area (Å²) >= 11 is 2.38. The minimum atomic E-state index is -1.04. The smallest absolute Gasteiger partial charge is 0.136 e. The molecule has 0 saturated heterocycles. The van der Waals surface area contributed by atoms with Crippen LogP contribution in [0.4, 0.5) is 0 Å². The van der Waals surface area contributed by atoms with E-state index in [-0.39, 0.29) is 4.75 Å². The van der Waals surface area contributed by atoms with Crippen LogP contribution in [0.5, 0.6) is 0 Å². The molecule has 1 rings (SSSR count). The first-order chi connectivity index (χ1) is 7.30. The number of pyridine rings is 1. The van der Waals surface area contributed by atoms with Gasteiger partial charge in [0.05, 0.1) is 12.2 Å². The first-order valence-corrected chi connectivity index (χ1v) is 7.01. The highest BCUT2D eigenvalue weighted by atomic mass is 79.9. The van der Waals surface area contributed by atoms with Crippen LogP contribution in [0.3, 0.4) is 0 Å². The summed E-state index contributed by atoms with van der Waals surface area (Å²) in [5, 5.41) is 0. The third-order valence-corrected chi connectivity index (χ3v) is 4.37. The van der Waals surface area contributed by atoms with E-state index in [0.29, 0.717) is 6.54 Å². The average molecular weight is 305 g/mol. The van der Waals surface area contributed by atoms with Gasteiger partial charge >= 0.3 is 0 Å². The Morgan fingerprint density at radius 2 is 2.12 bits per heavy atom. The second-order valence-electron chi connectivity index (χ2n) is 4.61. The maximum Gasteiger partial charge on any atom is 0.136 e. The number of hydrogen-bond acceptors (Lipinski definition) is 3. The predicted octanol–water partition coefficient (Wildman–Crippen LogP) is 2.70. The van der Waals surface area contributed by atoms with E-state index in [4.69, 9.17) is 0 Å². The molecule has 5 heteroatoms. The Kier molecular flexibility index (Phi) is 4.79. The van der Waals surface area contributed by atoms with Crippen molar-refractivity contribution in [2.75, 3.05) is 0 Å². The van der Waals surface area contributed by atoms with Crippen molar-refractivity contribution in [2.24, 2.45) is 0 Å². The highest BCUT2D eigenvalue weighted by molar-refractivity contribution is 9.10. The molecule has 90 valence electrons. The van der Waals surface area contributed by atoms with Gasteiger partial charge in [-0.1, -0.05) is 0 Å². The number of halogens is 1. The van der Waals surface area contributed by atoms with Gasteiger partial charge in [0.15, 0.2) is 0 Å². The van der Waals surface area contributed by atoms with E-state index < -0.39 is 11.4 Å². The second kappa shape index (κ2) is 5.49. The molecule has 1 aromatic rings. The molecule has 3 nitrogen and oxygen atoms in total. The Balaban J connectivity index is 2.58. The molecule has 1 aromatic heterocycles. The van der Waals surface area contributed by atoms with Gasteiger partial charge in [0.1, 0.15) is 4.75 Å². The quantitative estimate of drug-likeness (QED) is 0.874. The third-order valence-electron chi connectivity index (χ3n) is 2.05. The monoisotopic (exact) mass is 304 g/mol. The first-order valence-electron chi connectivity index (χ1n) is 5.07. The van der Waals surface area contributed by atoms with Gasteiger partial charge in [-0.3, -0.25) is 4.98 Å². The SMILES string of the molecule is Cc1ncc(CN[S+]([O-])C(C)(C)C)cc1Br. The topological polar surface area (TPSA) is 48.0 Å². The summed E-state index contributed by atoms with van der Waals surface area (Å²) in [6.07, 6.45) is 1.80. The van der Waals surface area contributed by atoms with Crippen molar-refractivity contribution in [1.29, 1.82) is 0 Å². The fraction of sp³-hybridized carbons (Fsp3) is 0.545. The zero-order chi connectivity index (χ0) is 12.3. The van der Waals surface area contributed by atoms with Gasteiger partial charge in [0.2, 0.25) is 0 Å². The van der Waals surface area contributed by atoms with Crippen LogP contribution in [-0.4, -0.2) is 14.3 Å². The van der Waals surface area contributed by atoms with E-state index in [1.807, 2.05) is 33.8 Å². The van der Waals surface area contributed by atoms with Crippen molar-refractivity contribution in [3.8, 4) is 0 Å². The molecule has 0 aliphatic carbocycles. The molecule has 1 N–H and O–H groups in total. The fourth-order valence-electron chi connectivity index (χ4n) is 1.01. The third kappa shape index (κ3) is 4.05. The van der Waals surface area contributed by atoms with Crippen molar-refractivity contribution in [1.82, 2.24) is 9.71 Å². The molecule has 0 saturated carbocycles. The maximum absolute atomic E-state index is 11.8. The van der Waals surface area contributed by atoms with E-state index in [0.717, 1.165) is 15.7 Å². The standard InChI is InChI=1S/C11H17BrN2OS/c1-8-10(12)5-9(6-13-8)7-14-16(15)11(2,3)4/h5-6,14H,7H2,1-4H3. The highest BCUT2D eigenvalue weighted by Gasteiger charge is 2.25. The van der Waals surface area contributed by atoms with Gasteiger partial charge in [-0.05, 0) is 55.3 Å². The van der Waals surface area contributed by atoms with Crippen molar-refractivity contribution >= 4 is 27.3 Å². The van der Waals surface area contributed by atoms with Crippen LogP contribution in [0.1, 0.15) is 32.0 Å². The van der Waals surface area contributed by atoms with Gasteiger partial charge in [-0.25, -0.2) is 0 Å². The van der Waals surface area contributed by atoms with E-state index in [9.17, 15) is 4.55 Å². The lowest BCUT2D eigenvalue weighted by atomic mass is 10.2. The normalized spacial score (nSPS) is 13.9. The summed E-state index contributed by atoms with van der Waals surface area (Å²) < 4.78 is 15.5. The number of aromatic nitrogens is 1. The zero-order valence-corrected chi connectivity index (χ0v) is 12.4. The Hall–Kier alpha value is -0.100. The summed E-state index contributed by atoms with van der Waals surface area (Å²) in [6.45, 7) is 8.34. The summed E-state index contributed by atoms with van der Waals surface area (Å²) in [5.74, 6) is 0. The number of nitrogens with zero attached hydrogens (tertiary/aromatic N) is 1. The molecule has 1 unspecified atom stereocenters. The molecule has 0 radical (unpaired) electrons. The van der Waals surface area contributed by atoms with Crippen molar-refractivity contribution in [3.05, 3.63) is 28.0 Å². The molecule has 1 atom stereocenters. The van der Waals surface area contributed by atoms with Crippen LogP contribution in [0.25, 0.3) is 0 Å². The van der Waals surface area contributed by atoms with Gasteiger partial charge in [-0.15, -0.1) is 4.72 Å². The fourth-order valence-corrected chi connectivity index (χ4v) is 2.14. The van der Waals surface area contributed by atoms with Crippen LogP contribution in [0.15, 0.2) is 16.7 Å². The van der Waals surface area contributed by atoms with Gasteiger partial charge in [-0.2, -0.15) is 0 Å². The summed E-state index contributed by atoms with van der Waals surface area (Å²) in [4.78, 5) is 4.23. The highest BCUT2D eigenvalue weighted by Crippen LogP contribution is 2.17. The van der Waals surface area contributed by atoms with E-state index in [1.165, 1.54) is 0 Å². The predicted molar refractivity (Wildman–Crippen MR) is 71.4 cm³/mol. The Morgan fingerprint density at radius 1 is 1.50 bits per heavy atom. The Labute approximate surface area is 108 Å². The van der Waals surface area contributed by atoms with Crippen LogP contribution >= 0.6 is 15.9 Å². The average Bonchev–Trinajstić information content (AvgIpc) is 2.18. The molecule has 16 heavy (non-hydrogen) atoms. The van der Waals surface area contributed by atoms with Gasteiger partial charge in [0, 0.05) is 22.0 Å². The van der Waals surface area contributed by atoms with Crippen LogP contribution < -0.4 is 4.72 Å². The lowest BCUT2D eigenvalue weighted by molar-refractivity contribution is 0.544. The molecule has 0 aromatic carbocycles. The number of nitrogens with one attached hydrogen (secondary N) is 1. The molecule has 0 spiro atoms.